The number of likely N-dealkylation sites (tertiary alicyclic amines) is 1. The minimum atomic E-state index is 0.318. The van der Waals surface area contributed by atoms with Gasteiger partial charge in [0.1, 0.15) is 5.75 Å². The first-order chi connectivity index (χ1) is 8.47. The molecule has 1 aromatic rings. The third kappa shape index (κ3) is 2.83. The molecule has 0 saturated carbocycles. The molecule has 1 aromatic heterocycles. The normalized spacial score (nSPS) is 29.4. The Kier molecular flexibility index (Phi) is 3.91. The highest BCUT2D eigenvalue weighted by atomic mass is 16.3. The summed E-state index contributed by atoms with van der Waals surface area (Å²) in [5.41, 5.74) is 1.77. The van der Waals surface area contributed by atoms with Gasteiger partial charge in [-0.2, -0.15) is 0 Å². The minimum Gasteiger partial charge on any atom is -0.506 e. The lowest BCUT2D eigenvalue weighted by Gasteiger charge is -2.41. The number of pyridine rings is 1. The van der Waals surface area contributed by atoms with Crippen molar-refractivity contribution in [3.63, 3.8) is 0 Å². The summed E-state index contributed by atoms with van der Waals surface area (Å²) in [5.74, 6) is 1.75. The molecule has 0 amide bonds. The van der Waals surface area contributed by atoms with Crippen molar-refractivity contribution in [1.82, 2.24) is 9.88 Å². The summed E-state index contributed by atoms with van der Waals surface area (Å²) < 4.78 is 0. The summed E-state index contributed by atoms with van der Waals surface area (Å²) in [4.78, 5) is 6.90. The van der Waals surface area contributed by atoms with Gasteiger partial charge in [0, 0.05) is 24.8 Å². The van der Waals surface area contributed by atoms with E-state index in [0.29, 0.717) is 17.7 Å². The van der Waals surface area contributed by atoms with E-state index in [9.17, 15) is 5.11 Å². The lowest BCUT2D eigenvalue weighted by molar-refractivity contribution is 0.0710. The molecular weight excluding hydrogens is 224 g/mol. The van der Waals surface area contributed by atoms with Gasteiger partial charge in [-0.3, -0.25) is 9.88 Å². The van der Waals surface area contributed by atoms with Crippen LogP contribution >= 0.6 is 0 Å². The Morgan fingerprint density at radius 1 is 1.33 bits per heavy atom. The fourth-order valence-electron chi connectivity index (χ4n) is 2.95. The molecule has 100 valence electrons. The van der Waals surface area contributed by atoms with E-state index in [1.54, 1.807) is 6.07 Å². The Balaban J connectivity index is 2.14. The molecule has 0 spiro atoms. The molecule has 2 rings (SSSR count). The van der Waals surface area contributed by atoms with Crippen LogP contribution in [0.4, 0.5) is 0 Å². The summed E-state index contributed by atoms with van der Waals surface area (Å²) in [6.07, 6.45) is 1.30. The van der Waals surface area contributed by atoms with Gasteiger partial charge in [0.05, 0.1) is 5.69 Å². The molecule has 1 aliphatic rings. The van der Waals surface area contributed by atoms with E-state index in [-0.39, 0.29) is 0 Å². The van der Waals surface area contributed by atoms with Crippen molar-refractivity contribution < 1.29 is 5.11 Å². The molecule has 3 nitrogen and oxygen atoms in total. The zero-order valence-corrected chi connectivity index (χ0v) is 11.8. The van der Waals surface area contributed by atoms with Gasteiger partial charge in [0.25, 0.3) is 0 Å². The van der Waals surface area contributed by atoms with Crippen LogP contribution in [0.25, 0.3) is 0 Å². The van der Waals surface area contributed by atoms with Gasteiger partial charge in [0.2, 0.25) is 0 Å². The maximum atomic E-state index is 9.89. The zero-order chi connectivity index (χ0) is 13.3. The third-order valence-corrected chi connectivity index (χ3v) is 4.16. The van der Waals surface area contributed by atoms with E-state index < -0.39 is 0 Å². The first-order valence-corrected chi connectivity index (χ1v) is 6.87. The van der Waals surface area contributed by atoms with E-state index >= 15 is 0 Å². The van der Waals surface area contributed by atoms with Gasteiger partial charge in [-0.05, 0) is 44.2 Å². The van der Waals surface area contributed by atoms with Crippen LogP contribution in [0.2, 0.25) is 0 Å². The molecule has 0 aliphatic carbocycles. The number of nitrogens with zero attached hydrogens (tertiary/aromatic N) is 2. The number of aromatic hydroxyl groups is 1. The van der Waals surface area contributed by atoms with Gasteiger partial charge in [0.15, 0.2) is 0 Å². The van der Waals surface area contributed by atoms with E-state index in [1.807, 2.05) is 13.0 Å². The molecular formula is C15H24N2O. The molecule has 1 aliphatic heterocycles. The van der Waals surface area contributed by atoms with Crippen LogP contribution < -0.4 is 0 Å². The Hall–Kier alpha value is -1.09. The lowest BCUT2D eigenvalue weighted by Crippen LogP contribution is -2.45. The average Bonchev–Trinajstić information content (AvgIpc) is 2.30. The Morgan fingerprint density at radius 2 is 2.06 bits per heavy atom. The second-order valence-electron chi connectivity index (χ2n) is 5.91. The average molecular weight is 248 g/mol. The molecule has 0 aromatic carbocycles. The van der Waals surface area contributed by atoms with Crippen molar-refractivity contribution in [1.29, 1.82) is 0 Å². The molecule has 1 saturated heterocycles. The molecule has 1 N–H and O–H groups in total. The van der Waals surface area contributed by atoms with E-state index in [0.717, 1.165) is 30.4 Å². The topological polar surface area (TPSA) is 36.4 Å². The molecule has 3 heteroatoms. The van der Waals surface area contributed by atoms with Gasteiger partial charge in [-0.1, -0.05) is 13.8 Å². The molecule has 18 heavy (non-hydrogen) atoms. The monoisotopic (exact) mass is 248 g/mol. The molecule has 3 unspecified atom stereocenters. The first kappa shape index (κ1) is 13.3. The highest BCUT2D eigenvalue weighted by Gasteiger charge is 2.29. The van der Waals surface area contributed by atoms with Crippen LogP contribution in [-0.4, -0.2) is 27.6 Å². The third-order valence-electron chi connectivity index (χ3n) is 4.16. The van der Waals surface area contributed by atoms with Crippen LogP contribution in [0.5, 0.6) is 5.75 Å². The number of hydrogen-bond acceptors (Lipinski definition) is 3. The van der Waals surface area contributed by atoms with Crippen LogP contribution in [0, 0.1) is 18.8 Å². The Labute approximate surface area is 110 Å². The maximum absolute atomic E-state index is 9.89. The van der Waals surface area contributed by atoms with Crippen molar-refractivity contribution in [2.75, 3.05) is 6.54 Å². The Morgan fingerprint density at radius 3 is 2.78 bits per heavy atom. The van der Waals surface area contributed by atoms with Crippen molar-refractivity contribution in [2.24, 2.45) is 11.8 Å². The number of hydrogen-bond donors (Lipinski definition) is 1. The lowest BCUT2D eigenvalue weighted by atomic mass is 9.86. The largest absolute Gasteiger partial charge is 0.506 e. The summed E-state index contributed by atoms with van der Waals surface area (Å²) in [7, 11) is 0. The quantitative estimate of drug-likeness (QED) is 0.874. The van der Waals surface area contributed by atoms with Crippen molar-refractivity contribution in [3.05, 3.63) is 23.5 Å². The van der Waals surface area contributed by atoms with Crippen molar-refractivity contribution >= 4 is 0 Å². The van der Waals surface area contributed by atoms with Gasteiger partial charge >= 0.3 is 0 Å². The van der Waals surface area contributed by atoms with E-state index in [4.69, 9.17) is 0 Å². The molecule has 0 radical (unpaired) electrons. The summed E-state index contributed by atoms with van der Waals surface area (Å²) in [5, 5.41) is 9.89. The second-order valence-corrected chi connectivity index (χ2v) is 5.91. The number of piperidine rings is 1. The smallest absolute Gasteiger partial charge is 0.138 e. The summed E-state index contributed by atoms with van der Waals surface area (Å²) in [6.45, 7) is 10.7. The standard InChI is InChI=1S/C15H24N2O/c1-10-7-11(2)13(4)17(8-10)9-14-15(18)6-5-12(3)16-14/h5-6,10-11,13,18H,7-9H2,1-4H3. The fraction of sp³-hybridized carbons (Fsp3) is 0.667. The second kappa shape index (κ2) is 5.27. The SMILES string of the molecule is Cc1ccc(O)c(CN2CC(C)CC(C)C2C)n1. The van der Waals surface area contributed by atoms with Crippen LogP contribution in [0.15, 0.2) is 12.1 Å². The van der Waals surface area contributed by atoms with Gasteiger partial charge < -0.3 is 5.11 Å². The zero-order valence-electron chi connectivity index (χ0n) is 11.8. The van der Waals surface area contributed by atoms with Crippen molar-refractivity contribution in [3.8, 4) is 5.75 Å². The van der Waals surface area contributed by atoms with Gasteiger partial charge in [-0.15, -0.1) is 0 Å². The number of rotatable bonds is 2. The number of aromatic nitrogens is 1. The number of aryl methyl sites for hydroxylation is 1. The molecule has 1 fully saturated rings. The molecule has 3 atom stereocenters. The van der Waals surface area contributed by atoms with Gasteiger partial charge in [-0.25, -0.2) is 0 Å². The van der Waals surface area contributed by atoms with Crippen LogP contribution in [0.3, 0.4) is 0 Å². The van der Waals surface area contributed by atoms with Crippen molar-refractivity contribution in [2.45, 2.75) is 46.7 Å². The highest BCUT2D eigenvalue weighted by molar-refractivity contribution is 5.27. The predicted molar refractivity (Wildman–Crippen MR) is 73.5 cm³/mol. The predicted octanol–water partition coefficient (Wildman–Crippen LogP) is 2.96. The first-order valence-electron chi connectivity index (χ1n) is 6.87. The van der Waals surface area contributed by atoms with Crippen LogP contribution in [-0.2, 0) is 6.54 Å². The Bertz CT molecular complexity index is 419. The molecule has 0 bridgehead atoms. The minimum absolute atomic E-state index is 0.318. The fourth-order valence-corrected chi connectivity index (χ4v) is 2.95. The van der Waals surface area contributed by atoms with E-state index in [2.05, 4.69) is 30.7 Å². The summed E-state index contributed by atoms with van der Waals surface area (Å²) >= 11 is 0. The maximum Gasteiger partial charge on any atom is 0.138 e. The molecule has 2 heterocycles. The van der Waals surface area contributed by atoms with Crippen LogP contribution in [0.1, 0.15) is 38.6 Å². The summed E-state index contributed by atoms with van der Waals surface area (Å²) in [6, 6.07) is 4.16. The van der Waals surface area contributed by atoms with E-state index in [1.165, 1.54) is 6.42 Å². The highest BCUT2D eigenvalue weighted by Crippen LogP contribution is 2.29.